The number of anilines is 1. The Bertz CT molecular complexity index is 318. The quantitative estimate of drug-likeness (QED) is 0.766. The van der Waals surface area contributed by atoms with Gasteiger partial charge in [0.1, 0.15) is 11.6 Å². The van der Waals surface area contributed by atoms with Crippen LogP contribution in [-0.4, -0.2) is 24.2 Å². The molecule has 0 aliphatic heterocycles. The monoisotopic (exact) mass is 196 g/mol. The van der Waals surface area contributed by atoms with Crippen LogP contribution in [0, 0.1) is 0 Å². The smallest absolute Gasteiger partial charge is 0.130 e. The van der Waals surface area contributed by atoms with Crippen LogP contribution in [0.1, 0.15) is 19.4 Å². The summed E-state index contributed by atoms with van der Waals surface area (Å²) >= 11 is 0. The molecule has 2 N–H and O–H groups in total. The van der Waals surface area contributed by atoms with E-state index in [1.807, 2.05) is 0 Å². The van der Waals surface area contributed by atoms with Gasteiger partial charge in [-0.1, -0.05) is 0 Å². The van der Waals surface area contributed by atoms with Crippen LogP contribution in [0.5, 0.6) is 5.75 Å². The molecule has 0 spiro atoms. The third-order valence-corrected chi connectivity index (χ3v) is 2.00. The maximum Gasteiger partial charge on any atom is 0.130 e. The zero-order valence-corrected chi connectivity index (χ0v) is 8.96. The van der Waals surface area contributed by atoms with Crippen LogP contribution in [0.4, 0.5) is 5.82 Å². The van der Waals surface area contributed by atoms with Crippen molar-refractivity contribution in [2.75, 3.05) is 19.5 Å². The van der Waals surface area contributed by atoms with Gasteiger partial charge in [-0.25, -0.2) is 4.98 Å². The van der Waals surface area contributed by atoms with E-state index in [2.05, 4.69) is 10.3 Å². The first-order valence-corrected chi connectivity index (χ1v) is 4.43. The molecule has 1 rings (SSSR count). The first-order valence-electron chi connectivity index (χ1n) is 4.43. The number of aromatic nitrogens is 1. The molecule has 4 nitrogen and oxygen atoms in total. The molecule has 14 heavy (non-hydrogen) atoms. The second-order valence-electron chi connectivity index (χ2n) is 3.58. The molecule has 0 aliphatic rings. The van der Waals surface area contributed by atoms with Crippen molar-refractivity contribution in [2.24, 2.45) is 0 Å². The number of rotatable bonds is 3. The molecule has 0 aromatic carbocycles. The lowest BCUT2D eigenvalue weighted by atomic mass is 9.99. The molecule has 0 fully saturated rings. The maximum absolute atomic E-state index is 9.82. The van der Waals surface area contributed by atoms with Gasteiger partial charge in [0, 0.05) is 24.9 Å². The Morgan fingerprint density at radius 1 is 1.50 bits per heavy atom. The van der Waals surface area contributed by atoms with Crippen molar-refractivity contribution in [1.29, 1.82) is 0 Å². The van der Waals surface area contributed by atoms with Crippen molar-refractivity contribution in [3.63, 3.8) is 0 Å². The van der Waals surface area contributed by atoms with Gasteiger partial charge >= 0.3 is 0 Å². The highest BCUT2D eigenvalue weighted by Crippen LogP contribution is 2.30. The van der Waals surface area contributed by atoms with Gasteiger partial charge in [0.15, 0.2) is 0 Å². The molecular weight excluding hydrogens is 180 g/mol. The van der Waals surface area contributed by atoms with Crippen LogP contribution in [0.25, 0.3) is 0 Å². The molecule has 4 heteroatoms. The summed E-state index contributed by atoms with van der Waals surface area (Å²) < 4.78 is 5.17. The molecule has 0 aliphatic carbocycles. The summed E-state index contributed by atoms with van der Waals surface area (Å²) in [5, 5.41) is 12.7. The first-order chi connectivity index (χ1) is 6.49. The van der Waals surface area contributed by atoms with Crippen molar-refractivity contribution < 1.29 is 9.84 Å². The fraction of sp³-hybridized carbons (Fsp3) is 0.500. The second-order valence-corrected chi connectivity index (χ2v) is 3.58. The minimum Gasteiger partial charge on any atom is -0.496 e. The van der Waals surface area contributed by atoms with Gasteiger partial charge in [-0.05, 0) is 13.8 Å². The van der Waals surface area contributed by atoms with Gasteiger partial charge in [-0.15, -0.1) is 0 Å². The Labute approximate surface area is 83.9 Å². The highest BCUT2D eigenvalue weighted by atomic mass is 16.5. The van der Waals surface area contributed by atoms with Crippen molar-refractivity contribution >= 4 is 5.82 Å². The third kappa shape index (κ3) is 2.14. The van der Waals surface area contributed by atoms with Gasteiger partial charge in [0.2, 0.25) is 0 Å². The zero-order chi connectivity index (χ0) is 10.8. The van der Waals surface area contributed by atoms with E-state index in [4.69, 9.17) is 4.74 Å². The first kappa shape index (κ1) is 10.8. The predicted octanol–water partition coefficient (Wildman–Crippen LogP) is 1.36. The highest BCUT2D eigenvalue weighted by Gasteiger charge is 2.21. The largest absolute Gasteiger partial charge is 0.496 e. The summed E-state index contributed by atoms with van der Waals surface area (Å²) in [6, 6.07) is 1.76. The summed E-state index contributed by atoms with van der Waals surface area (Å²) in [5.41, 5.74) is -0.260. The Hall–Kier alpha value is -1.29. The van der Waals surface area contributed by atoms with Crippen molar-refractivity contribution in [1.82, 2.24) is 4.98 Å². The number of hydrogen-bond acceptors (Lipinski definition) is 4. The van der Waals surface area contributed by atoms with Crippen molar-refractivity contribution in [3.05, 3.63) is 17.8 Å². The molecular formula is C10H16N2O2. The molecule has 0 saturated carbocycles. The Kier molecular flexibility index (Phi) is 2.96. The fourth-order valence-corrected chi connectivity index (χ4v) is 1.20. The highest BCUT2D eigenvalue weighted by molar-refractivity contribution is 5.46. The van der Waals surface area contributed by atoms with Gasteiger partial charge < -0.3 is 15.2 Å². The van der Waals surface area contributed by atoms with E-state index in [-0.39, 0.29) is 0 Å². The number of pyridine rings is 1. The molecule has 78 valence electrons. The van der Waals surface area contributed by atoms with E-state index in [1.165, 1.54) is 0 Å². The lowest BCUT2D eigenvalue weighted by Crippen LogP contribution is -2.17. The molecule has 0 bridgehead atoms. The van der Waals surface area contributed by atoms with Gasteiger partial charge in [-0.2, -0.15) is 0 Å². The number of aliphatic hydroxyl groups is 1. The number of nitrogens with one attached hydrogen (secondary N) is 1. The van der Waals surface area contributed by atoms with E-state index < -0.39 is 5.60 Å². The van der Waals surface area contributed by atoms with Crippen LogP contribution in [0.15, 0.2) is 12.3 Å². The Balaban J connectivity index is 3.18. The van der Waals surface area contributed by atoms with Crippen molar-refractivity contribution in [2.45, 2.75) is 19.4 Å². The molecule has 0 radical (unpaired) electrons. The molecule has 0 unspecified atom stereocenters. The molecule has 0 saturated heterocycles. The lowest BCUT2D eigenvalue weighted by molar-refractivity contribution is 0.0753. The summed E-state index contributed by atoms with van der Waals surface area (Å²) in [7, 11) is 3.36. The van der Waals surface area contributed by atoms with Crippen LogP contribution in [0.3, 0.4) is 0 Å². The molecule has 1 aromatic heterocycles. The van der Waals surface area contributed by atoms with E-state index >= 15 is 0 Å². The standard InChI is InChI=1S/C10H16N2O2/c1-10(2,13)7-6-12-9(11-3)5-8(7)14-4/h5-6,13H,1-4H3,(H,11,12). The van der Waals surface area contributed by atoms with Crippen molar-refractivity contribution in [3.8, 4) is 5.75 Å². The third-order valence-electron chi connectivity index (χ3n) is 2.00. The fourth-order valence-electron chi connectivity index (χ4n) is 1.20. The van der Waals surface area contributed by atoms with Crippen LogP contribution in [0.2, 0.25) is 0 Å². The summed E-state index contributed by atoms with van der Waals surface area (Å²) in [4.78, 5) is 4.12. The SMILES string of the molecule is CNc1cc(OC)c(C(C)(C)O)cn1. The second kappa shape index (κ2) is 3.84. The predicted molar refractivity (Wildman–Crippen MR) is 55.6 cm³/mol. The van der Waals surface area contributed by atoms with Crippen LogP contribution >= 0.6 is 0 Å². The minimum atomic E-state index is -0.940. The number of nitrogens with zero attached hydrogens (tertiary/aromatic N) is 1. The number of methoxy groups -OCH3 is 1. The Morgan fingerprint density at radius 2 is 2.14 bits per heavy atom. The zero-order valence-electron chi connectivity index (χ0n) is 8.96. The maximum atomic E-state index is 9.82. The Morgan fingerprint density at radius 3 is 2.57 bits per heavy atom. The number of ether oxygens (including phenoxy) is 1. The summed E-state index contributed by atoms with van der Waals surface area (Å²) in [6.45, 7) is 3.40. The van der Waals surface area contributed by atoms with E-state index in [0.29, 0.717) is 11.3 Å². The molecule has 0 atom stereocenters. The molecule has 1 aromatic rings. The van der Waals surface area contributed by atoms with Gasteiger partial charge in [0.05, 0.1) is 12.7 Å². The van der Waals surface area contributed by atoms with E-state index in [9.17, 15) is 5.11 Å². The minimum absolute atomic E-state index is 0.636. The van der Waals surface area contributed by atoms with Crippen LogP contribution in [-0.2, 0) is 5.60 Å². The molecule has 0 amide bonds. The topological polar surface area (TPSA) is 54.4 Å². The van der Waals surface area contributed by atoms with E-state index in [0.717, 1.165) is 5.82 Å². The summed E-state index contributed by atoms with van der Waals surface area (Å²) in [5.74, 6) is 1.35. The lowest BCUT2D eigenvalue weighted by Gasteiger charge is -2.20. The van der Waals surface area contributed by atoms with Gasteiger partial charge in [-0.3, -0.25) is 0 Å². The average molecular weight is 196 g/mol. The van der Waals surface area contributed by atoms with Crippen LogP contribution < -0.4 is 10.1 Å². The molecule has 1 heterocycles. The average Bonchev–Trinajstić information content (AvgIpc) is 2.15. The normalized spacial score (nSPS) is 11.2. The van der Waals surface area contributed by atoms with E-state index in [1.54, 1.807) is 40.3 Å². The summed E-state index contributed by atoms with van der Waals surface area (Å²) in [6.07, 6.45) is 1.62. The van der Waals surface area contributed by atoms with Gasteiger partial charge in [0.25, 0.3) is 0 Å². The number of hydrogen-bond donors (Lipinski definition) is 2.